The summed E-state index contributed by atoms with van der Waals surface area (Å²) >= 11 is 1.42. The number of benzene rings is 1. The Kier molecular flexibility index (Phi) is 3.64. The fourth-order valence-corrected chi connectivity index (χ4v) is 3.00. The highest BCUT2D eigenvalue weighted by Gasteiger charge is 2.23. The van der Waals surface area contributed by atoms with Gasteiger partial charge in [-0.15, -0.1) is 0 Å². The molecule has 5 nitrogen and oxygen atoms in total. The molecule has 104 valence electrons. The van der Waals surface area contributed by atoms with Crippen LogP contribution in [0.15, 0.2) is 30.3 Å². The van der Waals surface area contributed by atoms with Crippen LogP contribution in [0.2, 0.25) is 0 Å². The molecular weight excluding hydrogens is 272 g/mol. The maximum absolute atomic E-state index is 12.3. The number of hydrogen-bond acceptors (Lipinski definition) is 5. The van der Waals surface area contributed by atoms with Crippen LogP contribution in [0.1, 0.15) is 16.2 Å². The predicted octanol–water partition coefficient (Wildman–Crippen LogP) is 1.81. The highest BCUT2D eigenvalue weighted by molar-refractivity contribution is 7.09. The van der Waals surface area contributed by atoms with Crippen LogP contribution in [0.5, 0.6) is 0 Å². The Balaban J connectivity index is 1.63. The van der Waals surface area contributed by atoms with Gasteiger partial charge < -0.3 is 9.80 Å². The van der Waals surface area contributed by atoms with Gasteiger partial charge in [0.05, 0.1) is 0 Å². The van der Waals surface area contributed by atoms with E-state index in [4.69, 9.17) is 0 Å². The summed E-state index contributed by atoms with van der Waals surface area (Å²) in [6.07, 6.45) is 0. The third-order valence-corrected chi connectivity index (χ3v) is 4.24. The normalized spacial score (nSPS) is 15.4. The number of aromatic nitrogens is 2. The minimum Gasteiger partial charge on any atom is -0.343 e. The van der Waals surface area contributed by atoms with Crippen LogP contribution in [0.25, 0.3) is 0 Å². The summed E-state index contributed by atoms with van der Waals surface area (Å²) in [6, 6.07) is 9.44. The van der Waals surface area contributed by atoms with Crippen molar-refractivity contribution < 1.29 is 4.79 Å². The van der Waals surface area contributed by atoms with Crippen LogP contribution in [-0.2, 0) is 0 Å². The van der Waals surface area contributed by atoms with E-state index in [0.717, 1.165) is 42.7 Å². The fourth-order valence-electron chi connectivity index (χ4n) is 2.28. The summed E-state index contributed by atoms with van der Waals surface area (Å²) in [5.74, 6) is 0.923. The first kappa shape index (κ1) is 13.1. The quantitative estimate of drug-likeness (QED) is 0.845. The molecule has 1 aliphatic rings. The number of nitrogens with zero attached hydrogens (tertiary/aromatic N) is 4. The lowest BCUT2D eigenvalue weighted by Crippen LogP contribution is -2.48. The number of piperazine rings is 1. The molecule has 1 aromatic carbocycles. The summed E-state index contributed by atoms with van der Waals surface area (Å²) in [6.45, 7) is 4.98. The van der Waals surface area contributed by atoms with Crippen LogP contribution in [0.4, 0.5) is 5.13 Å². The topological polar surface area (TPSA) is 49.3 Å². The molecule has 1 aromatic heterocycles. The standard InChI is InChI=1S/C14H16N4OS/c1-11-15-14(20-16-11)18-9-7-17(8-10-18)13(19)12-5-3-2-4-6-12/h2-6H,7-10H2,1H3. The second-order valence-electron chi connectivity index (χ2n) is 4.77. The Morgan fingerprint density at radius 2 is 1.85 bits per heavy atom. The van der Waals surface area contributed by atoms with Crippen molar-refractivity contribution in [2.45, 2.75) is 6.92 Å². The van der Waals surface area contributed by atoms with Crippen molar-refractivity contribution in [2.75, 3.05) is 31.1 Å². The zero-order valence-electron chi connectivity index (χ0n) is 11.3. The van der Waals surface area contributed by atoms with E-state index < -0.39 is 0 Å². The highest BCUT2D eigenvalue weighted by Crippen LogP contribution is 2.19. The van der Waals surface area contributed by atoms with Crippen LogP contribution in [0.3, 0.4) is 0 Å². The minimum absolute atomic E-state index is 0.110. The maximum atomic E-state index is 12.3. The van der Waals surface area contributed by atoms with E-state index in [2.05, 4.69) is 14.3 Å². The van der Waals surface area contributed by atoms with E-state index in [0.29, 0.717) is 0 Å². The summed E-state index contributed by atoms with van der Waals surface area (Å²) in [5.41, 5.74) is 0.757. The lowest BCUT2D eigenvalue weighted by Gasteiger charge is -2.34. The largest absolute Gasteiger partial charge is 0.343 e. The van der Waals surface area contributed by atoms with Crippen molar-refractivity contribution in [1.29, 1.82) is 0 Å². The van der Waals surface area contributed by atoms with Crippen molar-refractivity contribution in [3.63, 3.8) is 0 Å². The molecule has 1 fully saturated rings. The first-order valence-electron chi connectivity index (χ1n) is 6.63. The average Bonchev–Trinajstić information content (AvgIpc) is 2.94. The third kappa shape index (κ3) is 2.65. The molecule has 20 heavy (non-hydrogen) atoms. The SMILES string of the molecule is Cc1nsc(N2CCN(C(=O)c3ccccc3)CC2)n1. The highest BCUT2D eigenvalue weighted by atomic mass is 32.1. The molecule has 0 atom stereocenters. The summed E-state index contributed by atoms with van der Waals surface area (Å²) < 4.78 is 4.20. The van der Waals surface area contributed by atoms with Gasteiger partial charge in [0.2, 0.25) is 5.13 Å². The van der Waals surface area contributed by atoms with E-state index in [9.17, 15) is 4.79 Å². The number of hydrogen-bond donors (Lipinski definition) is 0. The molecule has 6 heteroatoms. The molecule has 0 bridgehead atoms. The van der Waals surface area contributed by atoms with Gasteiger partial charge in [-0.05, 0) is 19.1 Å². The molecule has 0 aliphatic carbocycles. The zero-order valence-corrected chi connectivity index (χ0v) is 12.1. The molecule has 3 rings (SSSR count). The van der Waals surface area contributed by atoms with Gasteiger partial charge in [0.15, 0.2) is 0 Å². The fraction of sp³-hybridized carbons (Fsp3) is 0.357. The van der Waals surface area contributed by atoms with Crippen molar-refractivity contribution in [1.82, 2.24) is 14.3 Å². The number of anilines is 1. The second kappa shape index (κ2) is 5.58. The van der Waals surface area contributed by atoms with Crippen molar-refractivity contribution in [2.24, 2.45) is 0 Å². The number of rotatable bonds is 2. The van der Waals surface area contributed by atoms with Gasteiger partial charge in [0.1, 0.15) is 5.82 Å². The van der Waals surface area contributed by atoms with Crippen LogP contribution in [-0.4, -0.2) is 46.3 Å². The van der Waals surface area contributed by atoms with Gasteiger partial charge in [0.25, 0.3) is 5.91 Å². The molecule has 2 aromatic rings. The molecule has 0 N–H and O–H groups in total. The zero-order chi connectivity index (χ0) is 13.9. The third-order valence-electron chi connectivity index (χ3n) is 3.37. The van der Waals surface area contributed by atoms with E-state index >= 15 is 0 Å². The maximum Gasteiger partial charge on any atom is 0.253 e. The number of carbonyl (C=O) groups excluding carboxylic acids is 1. The molecular formula is C14H16N4OS. The van der Waals surface area contributed by atoms with Crippen LogP contribution < -0.4 is 4.90 Å². The Labute approximate surface area is 122 Å². The summed E-state index contributed by atoms with van der Waals surface area (Å²) in [5, 5.41) is 0.953. The van der Waals surface area contributed by atoms with Crippen molar-refractivity contribution >= 4 is 22.6 Å². The first-order valence-corrected chi connectivity index (χ1v) is 7.41. The van der Waals surface area contributed by atoms with Crippen LogP contribution >= 0.6 is 11.5 Å². The Bertz CT molecular complexity index is 590. The Hall–Kier alpha value is -1.95. The molecule has 0 saturated carbocycles. The lowest BCUT2D eigenvalue weighted by molar-refractivity contribution is 0.0747. The van der Waals surface area contributed by atoms with Gasteiger partial charge in [0, 0.05) is 43.3 Å². The lowest BCUT2D eigenvalue weighted by atomic mass is 10.2. The minimum atomic E-state index is 0.110. The van der Waals surface area contributed by atoms with Gasteiger partial charge in [-0.3, -0.25) is 4.79 Å². The Morgan fingerprint density at radius 1 is 1.15 bits per heavy atom. The molecule has 0 unspecified atom stereocenters. The van der Waals surface area contributed by atoms with E-state index in [1.54, 1.807) is 0 Å². The van der Waals surface area contributed by atoms with Gasteiger partial charge >= 0.3 is 0 Å². The molecule has 2 heterocycles. The summed E-state index contributed by atoms with van der Waals surface area (Å²) in [7, 11) is 0. The van der Waals surface area contributed by atoms with Crippen LogP contribution in [0, 0.1) is 6.92 Å². The van der Waals surface area contributed by atoms with Gasteiger partial charge in [-0.2, -0.15) is 4.37 Å². The number of amides is 1. The predicted molar refractivity (Wildman–Crippen MR) is 79.2 cm³/mol. The molecule has 1 aliphatic heterocycles. The number of aryl methyl sites for hydroxylation is 1. The molecule has 0 spiro atoms. The summed E-state index contributed by atoms with van der Waals surface area (Å²) in [4.78, 5) is 20.8. The monoisotopic (exact) mass is 288 g/mol. The van der Waals surface area contributed by atoms with Gasteiger partial charge in [-0.25, -0.2) is 4.98 Å². The van der Waals surface area contributed by atoms with Gasteiger partial charge in [-0.1, -0.05) is 18.2 Å². The average molecular weight is 288 g/mol. The smallest absolute Gasteiger partial charge is 0.253 e. The molecule has 1 saturated heterocycles. The second-order valence-corrected chi connectivity index (χ2v) is 5.50. The first-order chi connectivity index (χ1) is 9.74. The van der Waals surface area contributed by atoms with Crippen molar-refractivity contribution in [3.05, 3.63) is 41.7 Å². The Morgan fingerprint density at radius 3 is 2.45 bits per heavy atom. The van der Waals surface area contributed by atoms with E-state index in [-0.39, 0.29) is 5.91 Å². The molecule has 0 radical (unpaired) electrons. The van der Waals surface area contributed by atoms with Crippen molar-refractivity contribution in [3.8, 4) is 0 Å². The van der Waals surface area contributed by atoms with E-state index in [1.165, 1.54) is 11.5 Å². The number of carbonyl (C=O) groups is 1. The van der Waals surface area contributed by atoms with E-state index in [1.807, 2.05) is 42.2 Å². The molecule has 1 amide bonds.